The van der Waals surface area contributed by atoms with Crippen molar-refractivity contribution in [2.24, 2.45) is 4.99 Å². The summed E-state index contributed by atoms with van der Waals surface area (Å²) in [7, 11) is 0. The minimum atomic E-state index is -1.31. The number of para-hydroxylation sites is 2. The highest BCUT2D eigenvalue weighted by molar-refractivity contribution is 6.25. The lowest BCUT2D eigenvalue weighted by Crippen LogP contribution is -2.55. The highest BCUT2D eigenvalue weighted by Crippen LogP contribution is 2.42. The number of aromatic hydroxyl groups is 1. The van der Waals surface area contributed by atoms with Gasteiger partial charge in [0.25, 0.3) is 5.91 Å². The van der Waals surface area contributed by atoms with Crippen LogP contribution in [0, 0.1) is 0 Å². The Bertz CT molecular complexity index is 1610. The Morgan fingerprint density at radius 3 is 2.26 bits per heavy atom. The summed E-state index contributed by atoms with van der Waals surface area (Å²) in [5.74, 6) is -2.91. The second-order valence-electron chi connectivity index (χ2n) is 8.91. The van der Waals surface area contributed by atoms with Gasteiger partial charge >= 0.3 is 17.9 Å². The van der Waals surface area contributed by atoms with Gasteiger partial charge in [-0.2, -0.15) is 0 Å². The Morgan fingerprint density at radius 1 is 0.921 bits per heavy atom. The molecule has 0 aliphatic carbocycles. The molecule has 4 atom stereocenters. The molecule has 1 N–H and O–H groups in total. The average molecular weight is 520 g/mol. The molecule has 1 unspecified atom stereocenters. The van der Waals surface area contributed by atoms with E-state index in [9.17, 15) is 24.3 Å². The lowest BCUT2D eigenvalue weighted by atomic mass is 10.0. The van der Waals surface area contributed by atoms with Gasteiger partial charge < -0.3 is 24.1 Å². The molecule has 0 saturated carbocycles. The van der Waals surface area contributed by atoms with E-state index in [1.54, 1.807) is 48.5 Å². The zero-order valence-electron chi connectivity index (χ0n) is 20.7. The van der Waals surface area contributed by atoms with Crippen molar-refractivity contribution in [3.05, 3.63) is 64.7 Å². The van der Waals surface area contributed by atoms with Gasteiger partial charge in [0.05, 0.1) is 28.6 Å². The first kappa shape index (κ1) is 25.2. The van der Waals surface area contributed by atoms with Gasteiger partial charge in [0.15, 0.2) is 24.5 Å². The molecule has 5 rings (SSSR count). The number of fused-ring (bicyclic) bond motifs is 2. The van der Waals surface area contributed by atoms with Gasteiger partial charge in [-0.15, -0.1) is 0 Å². The van der Waals surface area contributed by atoms with Crippen molar-refractivity contribution in [1.82, 2.24) is 4.57 Å². The van der Waals surface area contributed by atoms with Crippen molar-refractivity contribution < 1.29 is 43.2 Å². The van der Waals surface area contributed by atoms with E-state index in [4.69, 9.17) is 18.9 Å². The second-order valence-corrected chi connectivity index (χ2v) is 8.91. The molecule has 1 fully saturated rings. The van der Waals surface area contributed by atoms with Crippen LogP contribution in [0.3, 0.4) is 0 Å². The first-order chi connectivity index (χ1) is 18.2. The van der Waals surface area contributed by atoms with Crippen molar-refractivity contribution >= 4 is 40.3 Å². The van der Waals surface area contributed by atoms with Crippen LogP contribution in [-0.2, 0) is 38.1 Å². The van der Waals surface area contributed by atoms with Crippen LogP contribution in [0.1, 0.15) is 32.6 Å². The first-order valence-electron chi connectivity index (χ1n) is 11.8. The lowest BCUT2D eigenvalue weighted by Gasteiger charge is -2.41. The molecule has 1 amide bonds. The van der Waals surface area contributed by atoms with E-state index in [1.807, 2.05) is 0 Å². The number of hydrogen-bond donors (Lipinski definition) is 1. The summed E-state index contributed by atoms with van der Waals surface area (Å²) in [6.07, 6.45) is -4.83. The number of hydrogen-bond acceptors (Lipinski definition) is 9. The number of carbonyl (C=O) groups excluding carboxylic acids is 4. The summed E-state index contributed by atoms with van der Waals surface area (Å²) >= 11 is 0. The van der Waals surface area contributed by atoms with E-state index in [2.05, 4.69) is 4.99 Å². The molecule has 11 nitrogen and oxygen atoms in total. The Labute approximate surface area is 215 Å². The van der Waals surface area contributed by atoms with Crippen LogP contribution in [0.15, 0.2) is 53.5 Å². The van der Waals surface area contributed by atoms with Gasteiger partial charge in [-0.25, -0.2) is 4.99 Å². The average Bonchev–Trinajstić information content (AvgIpc) is 3.32. The summed E-state index contributed by atoms with van der Waals surface area (Å²) in [6.45, 7) is 3.30. The smallest absolute Gasteiger partial charge is 0.303 e. The van der Waals surface area contributed by atoms with Crippen molar-refractivity contribution in [3.63, 3.8) is 0 Å². The van der Waals surface area contributed by atoms with Gasteiger partial charge in [-0.1, -0.05) is 36.4 Å². The highest BCUT2D eigenvalue weighted by atomic mass is 16.6. The Morgan fingerprint density at radius 2 is 1.55 bits per heavy atom. The summed E-state index contributed by atoms with van der Waals surface area (Å²) in [5.41, 5.74) is 0.900. The number of aromatic nitrogens is 1. The molecular weight excluding hydrogens is 496 g/mol. The molecule has 2 aromatic carbocycles. The number of rotatable bonds is 5. The first-order valence-corrected chi connectivity index (χ1v) is 11.8. The summed E-state index contributed by atoms with van der Waals surface area (Å²) in [4.78, 5) is 53.0. The Hall–Kier alpha value is -4.51. The second kappa shape index (κ2) is 9.75. The monoisotopic (exact) mass is 520 g/mol. The summed E-state index contributed by atoms with van der Waals surface area (Å²) in [6, 6.07) is 13.9. The van der Waals surface area contributed by atoms with Crippen LogP contribution >= 0.6 is 0 Å². The standard InChI is InChI=1S/C27H24N2O9/c1-13(30)36-20-12-35-27(24(38-15(3)32)23(20)37-14(2)31)29-19-11-7-5-9-17(19)22(26(29)34)21-16-8-4-6-10-18(16)28-25(21)33/h4-11,20,23-24,27,34H,12H2,1-3H3/t20-,23+,24-,27?/m1/s1. The van der Waals surface area contributed by atoms with Crippen LogP contribution in [0.4, 0.5) is 0 Å². The van der Waals surface area contributed by atoms with Gasteiger partial charge in [0.2, 0.25) is 5.88 Å². The van der Waals surface area contributed by atoms with E-state index in [-0.39, 0.29) is 23.6 Å². The molecule has 1 aromatic heterocycles. The maximum atomic E-state index is 13.0. The lowest BCUT2D eigenvalue weighted by molar-refractivity contribution is -0.239. The summed E-state index contributed by atoms with van der Waals surface area (Å²) in [5, 5.41) is 13.2. The predicted octanol–water partition coefficient (Wildman–Crippen LogP) is 1.03. The Kier molecular flexibility index (Phi) is 6.45. The molecule has 2 aliphatic rings. The molecule has 3 aromatic rings. The van der Waals surface area contributed by atoms with Crippen molar-refractivity contribution in [1.29, 1.82) is 0 Å². The van der Waals surface area contributed by atoms with Crippen molar-refractivity contribution in [3.8, 4) is 5.88 Å². The number of carbonyl (C=O) groups is 4. The third-order valence-corrected chi connectivity index (χ3v) is 6.32. The SMILES string of the molecule is CC(=O)O[C@H]1[C@H](OC(C)=O)COC(n2c(O)c(C3=c4ccccc4=NC3=O)c3ccccc32)[C@@H]1OC(C)=O. The van der Waals surface area contributed by atoms with E-state index < -0.39 is 48.4 Å². The van der Waals surface area contributed by atoms with Gasteiger partial charge in [-0.05, 0) is 12.1 Å². The highest BCUT2D eigenvalue weighted by Gasteiger charge is 2.49. The fraction of sp³-hybridized carbons (Fsp3) is 0.296. The molecule has 196 valence electrons. The topological polar surface area (TPSA) is 143 Å². The number of benzene rings is 2. The van der Waals surface area contributed by atoms with E-state index in [0.717, 1.165) is 0 Å². The molecule has 0 radical (unpaired) electrons. The zero-order chi connectivity index (χ0) is 27.1. The normalized spacial score (nSPS) is 22.5. The molecule has 38 heavy (non-hydrogen) atoms. The molecular formula is C27H24N2O9. The van der Waals surface area contributed by atoms with Crippen LogP contribution < -0.4 is 10.6 Å². The molecule has 2 aliphatic heterocycles. The van der Waals surface area contributed by atoms with Gasteiger partial charge in [-0.3, -0.25) is 23.7 Å². The zero-order valence-corrected chi connectivity index (χ0v) is 20.7. The van der Waals surface area contributed by atoms with Crippen LogP contribution in [-0.4, -0.2) is 58.4 Å². The van der Waals surface area contributed by atoms with Gasteiger partial charge in [0, 0.05) is 31.4 Å². The minimum absolute atomic E-state index is 0.210. The minimum Gasteiger partial charge on any atom is -0.494 e. The van der Waals surface area contributed by atoms with E-state index in [0.29, 0.717) is 21.5 Å². The quantitative estimate of drug-likeness (QED) is 0.385. The van der Waals surface area contributed by atoms with E-state index >= 15 is 0 Å². The maximum Gasteiger partial charge on any atom is 0.303 e. The fourth-order valence-corrected chi connectivity index (χ4v) is 5.00. The fourth-order valence-electron chi connectivity index (χ4n) is 5.00. The van der Waals surface area contributed by atoms with Gasteiger partial charge in [0.1, 0.15) is 0 Å². The third-order valence-electron chi connectivity index (χ3n) is 6.32. The molecule has 0 spiro atoms. The van der Waals surface area contributed by atoms with Crippen LogP contribution in [0.25, 0.3) is 16.5 Å². The maximum absolute atomic E-state index is 13.0. The van der Waals surface area contributed by atoms with Crippen LogP contribution in [0.5, 0.6) is 5.88 Å². The van der Waals surface area contributed by atoms with E-state index in [1.165, 1.54) is 25.3 Å². The Balaban J connectivity index is 1.72. The molecule has 0 bridgehead atoms. The molecule has 1 saturated heterocycles. The number of ether oxygens (including phenoxy) is 4. The predicted molar refractivity (Wildman–Crippen MR) is 130 cm³/mol. The third kappa shape index (κ3) is 4.30. The number of nitrogens with zero attached hydrogens (tertiary/aromatic N) is 2. The number of amides is 1. The molecule has 3 heterocycles. The van der Waals surface area contributed by atoms with Crippen molar-refractivity contribution in [2.75, 3.05) is 6.61 Å². The largest absolute Gasteiger partial charge is 0.494 e. The van der Waals surface area contributed by atoms with Crippen LogP contribution in [0.2, 0.25) is 0 Å². The molecule has 11 heteroatoms. The number of esters is 3. The van der Waals surface area contributed by atoms with Crippen molar-refractivity contribution in [2.45, 2.75) is 45.3 Å². The summed E-state index contributed by atoms with van der Waals surface area (Å²) < 4.78 is 23.7.